The van der Waals surface area contributed by atoms with Gasteiger partial charge in [0, 0.05) is 17.8 Å². The Hall–Kier alpha value is -1.92. The van der Waals surface area contributed by atoms with Crippen molar-refractivity contribution in [2.75, 3.05) is 19.6 Å². The van der Waals surface area contributed by atoms with Gasteiger partial charge in [-0.15, -0.1) is 12.4 Å². The first-order valence-corrected chi connectivity index (χ1v) is 9.83. The number of nitrogens with zero attached hydrogens (tertiary/aromatic N) is 2. The number of carbonyl (C=O) groups excluding carboxylic acids is 1. The van der Waals surface area contributed by atoms with Crippen molar-refractivity contribution in [3.63, 3.8) is 0 Å². The van der Waals surface area contributed by atoms with Crippen LogP contribution in [-0.2, 0) is 12.8 Å². The van der Waals surface area contributed by atoms with Crippen LogP contribution < -0.4 is 10.6 Å². The van der Waals surface area contributed by atoms with Gasteiger partial charge in [-0.25, -0.2) is 9.07 Å². The van der Waals surface area contributed by atoms with Gasteiger partial charge in [0.15, 0.2) is 5.69 Å². The van der Waals surface area contributed by atoms with E-state index in [2.05, 4.69) is 22.7 Å². The number of aryl methyl sites for hydroxylation is 1. The van der Waals surface area contributed by atoms with Crippen molar-refractivity contribution >= 4 is 18.3 Å². The van der Waals surface area contributed by atoms with E-state index in [0.717, 1.165) is 62.0 Å². The first kappa shape index (κ1) is 20.8. The van der Waals surface area contributed by atoms with Gasteiger partial charge in [-0.3, -0.25) is 4.79 Å². The molecule has 2 aliphatic rings. The third-order valence-corrected chi connectivity index (χ3v) is 5.96. The summed E-state index contributed by atoms with van der Waals surface area (Å²) < 4.78 is 16.1. The largest absolute Gasteiger partial charge is 0.350 e. The van der Waals surface area contributed by atoms with Gasteiger partial charge in [-0.1, -0.05) is 13.0 Å². The molecule has 1 aromatic heterocycles. The summed E-state index contributed by atoms with van der Waals surface area (Å²) in [5.41, 5.74) is 3.81. The number of fused-ring (bicyclic) bond motifs is 1. The van der Waals surface area contributed by atoms with Crippen LogP contribution >= 0.6 is 12.4 Å². The van der Waals surface area contributed by atoms with E-state index in [-0.39, 0.29) is 29.5 Å². The third-order valence-electron chi connectivity index (χ3n) is 5.96. The molecule has 0 saturated carbocycles. The van der Waals surface area contributed by atoms with Crippen LogP contribution in [0.2, 0.25) is 0 Å². The number of piperidine rings is 1. The van der Waals surface area contributed by atoms with Crippen molar-refractivity contribution in [1.82, 2.24) is 20.4 Å². The summed E-state index contributed by atoms with van der Waals surface area (Å²) in [5, 5.41) is 11.0. The van der Waals surface area contributed by atoms with Crippen LogP contribution in [0.5, 0.6) is 0 Å². The quantitative estimate of drug-likeness (QED) is 0.818. The number of carbonyl (C=O) groups is 1. The molecule has 1 aliphatic carbocycles. The molecule has 0 bridgehead atoms. The van der Waals surface area contributed by atoms with E-state index in [1.54, 1.807) is 10.7 Å². The maximum atomic E-state index is 14.5. The average molecular weight is 407 g/mol. The lowest BCUT2D eigenvalue weighted by Crippen LogP contribution is -2.43. The Bertz CT molecular complexity index is 874. The van der Waals surface area contributed by atoms with Gasteiger partial charge in [0.05, 0.1) is 0 Å². The SMILES string of the molecule is Cc1ccc(-n2nc(C(=O)NCC3(C)CCNCC3)c3c2CCC3)c(F)c1.Cl. The smallest absolute Gasteiger partial charge is 0.272 e. The fourth-order valence-corrected chi connectivity index (χ4v) is 4.19. The van der Waals surface area contributed by atoms with Gasteiger partial charge in [0.2, 0.25) is 0 Å². The predicted molar refractivity (Wildman–Crippen MR) is 110 cm³/mol. The molecule has 28 heavy (non-hydrogen) atoms. The van der Waals surface area contributed by atoms with Gasteiger partial charge in [-0.05, 0) is 75.2 Å². The predicted octanol–water partition coefficient (Wildman–Crippen LogP) is 3.35. The number of rotatable bonds is 4. The number of hydrogen-bond acceptors (Lipinski definition) is 3. The minimum Gasteiger partial charge on any atom is -0.350 e. The van der Waals surface area contributed by atoms with Crippen LogP contribution in [0.3, 0.4) is 0 Å². The second kappa shape index (κ2) is 8.21. The molecule has 0 atom stereocenters. The molecule has 4 rings (SSSR count). The van der Waals surface area contributed by atoms with E-state index >= 15 is 0 Å². The summed E-state index contributed by atoms with van der Waals surface area (Å²) in [5.74, 6) is -0.444. The summed E-state index contributed by atoms with van der Waals surface area (Å²) in [6.45, 7) is 6.71. The maximum Gasteiger partial charge on any atom is 0.272 e. The van der Waals surface area contributed by atoms with E-state index < -0.39 is 0 Å². The Labute approximate surface area is 171 Å². The van der Waals surface area contributed by atoms with Crippen LogP contribution in [0.25, 0.3) is 5.69 Å². The summed E-state index contributed by atoms with van der Waals surface area (Å²) in [6.07, 6.45) is 4.73. The molecule has 1 aromatic carbocycles. The molecule has 152 valence electrons. The van der Waals surface area contributed by atoms with Gasteiger partial charge in [-0.2, -0.15) is 5.10 Å². The molecule has 1 saturated heterocycles. The molecule has 0 spiro atoms. The lowest BCUT2D eigenvalue weighted by atomic mass is 9.81. The molecule has 0 radical (unpaired) electrons. The maximum absolute atomic E-state index is 14.5. The van der Waals surface area contributed by atoms with Crippen LogP contribution in [0.1, 0.15) is 53.5 Å². The first-order chi connectivity index (χ1) is 13.0. The highest BCUT2D eigenvalue weighted by Crippen LogP contribution is 2.30. The summed E-state index contributed by atoms with van der Waals surface area (Å²) in [6, 6.07) is 5.13. The second-order valence-corrected chi connectivity index (χ2v) is 8.24. The van der Waals surface area contributed by atoms with Gasteiger partial charge < -0.3 is 10.6 Å². The summed E-state index contributed by atoms with van der Waals surface area (Å²) >= 11 is 0. The number of aromatic nitrogens is 2. The Kier molecular flexibility index (Phi) is 6.10. The first-order valence-electron chi connectivity index (χ1n) is 9.83. The lowest BCUT2D eigenvalue weighted by Gasteiger charge is -2.34. The van der Waals surface area contributed by atoms with E-state index in [0.29, 0.717) is 17.9 Å². The van der Waals surface area contributed by atoms with Crippen molar-refractivity contribution in [2.24, 2.45) is 5.41 Å². The minimum absolute atomic E-state index is 0. The van der Waals surface area contributed by atoms with Crippen molar-refractivity contribution < 1.29 is 9.18 Å². The van der Waals surface area contributed by atoms with E-state index in [1.807, 2.05) is 13.0 Å². The van der Waals surface area contributed by atoms with Crippen molar-refractivity contribution in [2.45, 2.75) is 46.0 Å². The zero-order valence-corrected chi connectivity index (χ0v) is 17.3. The second-order valence-electron chi connectivity index (χ2n) is 8.24. The molecule has 2 heterocycles. The van der Waals surface area contributed by atoms with E-state index in [4.69, 9.17) is 0 Å². The molecule has 0 unspecified atom stereocenters. The molecular formula is C21H28ClFN4O. The van der Waals surface area contributed by atoms with E-state index in [9.17, 15) is 9.18 Å². The highest BCUT2D eigenvalue weighted by molar-refractivity contribution is 5.94. The van der Waals surface area contributed by atoms with Gasteiger partial charge in [0.1, 0.15) is 11.5 Å². The average Bonchev–Trinajstić information content (AvgIpc) is 3.24. The number of halogens is 2. The Morgan fingerprint density at radius 2 is 2.07 bits per heavy atom. The summed E-state index contributed by atoms with van der Waals surface area (Å²) in [7, 11) is 0. The standard InChI is InChI=1S/C21H27FN4O.ClH/c1-14-6-7-18(16(22)12-14)26-17-5-3-4-15(17)19(25-26)20(27)24-13-21(2)8-10-23-11-9-21;/h6-7,12,23H,3-5,8-11,13H2,1-2H3,(H,24,27);1H. The van der Waals surface area contributed by atoms with Crippen LogP contribution in [0, 0.1) is 18.2 Å². The van der Waals surface area contributed by atoms with Crippen molar-refractivity contribution in [3.05, 3.63) is 46.5 Å². The van der Waals surface area contributed by atoms with Crippen molar-refractivity contribution in [1.29, 1.82) is 0 Å². The Morgan fingerprint density at radius 3 is 2.79 bits per heavy atom. The van der Waals surface area contributed by atoms with Gasteiger partial charge in [0.25, 0.3) is 5.91 Å². The molecule has 1 aliphatic heterocycles. The normalized spacial score (nSPS) is 17.7. The van der Waals surface area contributed by atoms with Gasteiger partial charge >= 0.3 is 0 Å². The number of amides is 1. The highest BCUT2D eigenvalue weighted by atomic mass is 35.5. The molecule has 2 aromatic rings. The minimum atomic E-state index is -0.304. The van der Waals surface area contributed by atoms with Crippen LogP contribution in [0.4, 0.5) is 4.39 Å². The van der Waals surface area contributed by atoms with Crippen LogP contribution in [0.15, 0.2) is 18.2 Å². The molecule has 7 heteroatoms. The van der Waals surface area contributed by atoms with Crippen molar-refractivity contribution in [3.8, 4) is 5.69 Å². The zero-order chi connectivity index (χ0) is 19.0. The topological polar surface area (TPSA) is 59.0 Å². The molecule has 2 N–H and O–H groups in total. The number of nitrogens with one attached hydrogen (secondary N) is 2. The fraction of sp³-hybridized carbons (Fsp3) is 0.524. The monoisotopic (exact) mass is 406 g/mol. The van der Waals surface area contributed by atoms with E-state index in [1.165, 1.54) is 6.07 Å². The number of hydrogen-bond donors (Lipinski definition) is 2. The molecular weight excluding hydrogens is 379 g/mol. The zero-order valence-electron chi connectivity index (χ0n) is 16.5. The summed E-state index contributed by atoms with van der Waals surface area (Å²) in [4.78, 5) is 12.9. The molecule has 5 nitrogen and oxygen atoms in total. The van der Waals surface area contributed by atoms with Crippen LogP contribution in [-0.4, -0.2) is 35.3 Å². The Morgan fingerprint density at radius 1 is 1.32 bits per heavy atom. The lowest BCUT2D eigenvalue weighted by molar-refractivity contribution is 0.0916. The molecule has 1 fully saturated rings. The molecule has 1 amide bonds. The highest BCUT2D eigenvalue weighted by Gasteiger charge is 2.30. The number of benzene rings is 1. The Balaban J connectivity index is 0.00000225. The third kappa shape index (κ3) is 3.94. The fourth-order valence-electron chi connectivity index (χ4n) is 4.19.